The fraction of sp³-hybridized carbons (Fsp3) is 0.375. The molecule has 0 N–H and O–H groups in total. The second-order valence-corrected chi connectivity index (χ2v) is 5.55. The molecule has 0 amide bonds. The predicted molar refractivity (Wildman–Crippen MR) is 88.3 cm³/mol. The SMILES string of the molecule is COc1ncc(-c2c(C)nc3c(N4CCOCC4)nccn23)cn1. The summed E-state index contributed by atoms with van der Waals surface area (Å²) < 4.78 is 12.5. The first-order valence-electron chi connectivity index (χ1n) is 7.80. The van der Waals surface area contributed by atoms with Gasteiger partial charge in [0.1, 0.15) is 0 Å². The summed E-state index contributed by atoms with van der Waals surface area (Å²) in [6.45, 7) is 5.04. The molecule has 3 aromatic heterocycles. The zero-order chi connectivity index (χ0) is 16.5. The lowest BCUT2D eigenvalue weighted by Gasteiger charge is -2.27. The van der Waals surface area contributed by atoms with Crippen molar-refractivity contribution < 1.29 is 9.47 Å². The summed E-state index contributed by atoms with van der Waals surface area (Å²) >= 11 is 0. The van der Waals surface area contributed by atoms with Gasteiger partial charge in [-0.2, -0.15) is 0 Å². The van der Waals surface area contributed by atoms with Crippen LogP contribution >= 0.6 is 0 Å². The average Bonchev–Trinajstić information content (AvgIpc) is 2.98. The summed E-state index contributed by atoms with van der Waals surface area (Å²) in [6, 6.07) is 0.348. The number of fused-ring (bicyclic) bond motifs is 1. The third kappa shape index (κ3) is 2.44. The van der Waals surface area contributed by atoms with E-state index in [1.807, 2.05) is 17.5 Å². The molecule has 0 aromatic carbocycles. The number of ether oxygens (including phenoxy) is 2. The second-order valence-electron chi connectivity index (χ2n) is 5.55. The molecule has 1 saturated heterocycles. The van der Waals surface area contributed by atoms with Gasteiger partial charge in [0.05, 0.1) is 31.7 Å². The molecule has 1 aliphatic rings. The molecule has 3 aromatic rings. The van der Waals surface area contributed by atoms with Gasteiger partial charge in [0.15, 0.2) is 11.5 Å². The van der Waals surface area contributed by atoms with E-state index in [4.69, 9.17) is 14.5 Å². The molecule has 8 heteroatoms. The number of nitrogens with zero attached hydrogens (tertiary/aromatic N) is 6. The molecule has 24 heavy (non-hydrogen) atoms. The summed E-state index contributed by atoms with van der Waals surface area (Å²) in [5.74, 6) is 0.879. The van der Waals surface area contributed by atoms with E-state index in [9.17, 15) is 0 Å². The molecule has 0 bridgehead atoms. The Morgan fingerprint density at radius 2 is 1.88 bits per heavy atom. The van der Waals surface area contributed by atoms with Crippen LogP contribution in [0.3, 0.4) is 0 Å². The van der Waals surface area contributed by atoms with Crippen molar-refractivity contribution in [2.75, 3.05) is 38.3 Å². The van der Waals surface area contributed by atoms with Crippen molar-refractivity contribution in [3.63, 3.8) is 0 Å². The quantitative estimate of drug-likeness (QED) is 0.718. The third-order valence-electron chi connectivity index (χ3n) is 4.09. The van der Waals surface area contributed by atoms with Crippen LogP contribution in [-0.2, 0) is 4.74 Å². The summed E-state index contributed by atoms with van der Waals surface area (Å²) in [7, 11) is 1.55. The van der Waals surface area contributed by atoms with Gasteiger partial charge in [-0.1, -0.05) is 0 Å². The lowest BCUT2D eigenvalue weighted by Crippen LogP contribution is -2.37. The van der Waals surface area contributed by atoms with Gasteiger partial charge in [-0.25, -0.2) is 19.9 Å². The van der Waals surface area contributed by atoms with Gasteiger partial charge in [0.2, 0.25) is 0 Å². The fourth-order valence-corrected chi connectivity index (χ4v) is 2.97. The molecule has 0 unspecified atom stereocenters. The summed E-state index contributed by atoms with van der Waals surface area (Å²) in [4.78, 5) is 19.9. The number of rotatable bonds is 3. The minimum absolute atomic E-state index is 0.348. The Bertz CT molecular complexity index is 855. The zero-order valence-corrected chi connectivity index (χ0v) is 13.6. The maximum absolute atomic E-state index is 5.43. The molecule has 0 spiro atoms. The molecule has 8 nitrogen and oxygen atoms in total. The Labute approximate surface area is 139 Å². The highest BCUT2D eigenvalue weighted by Crippen LogP contribution is 2.28. The lowest BCUT2D eigenvalue weighted by atomic mass is 10.2. The van der Waals surface area contributed by atoms with Crippen LogP contribution in [0.15, 0.2) is 24.8 Å². The Kier molecular flexibility index (Phi) is 3.73. The lowest BCUT2D eigenvalue weighted by molar-refractivity contribution is 0.122. The zero-order valence-electron chi connectivity index (χ0n) is 13.6. The molecule has 0 atom stereocenters. The Balaban J connectivity index is 1.83. The van der Waals surface area contributed by atoms with Gasteiger partial charge in [-0.05, 0) is 6.92 Å². The van der Waals surface area contributed by atoms with Crippen LogP contribution in [-0.4, -0.2) is 57.7 Å². The monoisotopic (exact) mass is 326 g/mol. The van der Waals surface area contributed by atoms with E-state index in [1.165, 1.54) is 0 Å². The van der Waals surface area contributed by atoms with Crippen LogP contribution in [0.5, 0.6) is 6.01 Å². The number of aromatic nitrogens is 5. The largest absolute Gasteiger partial charge is 0.467 e. The fourth-order valence-electron chi connectivity index (χ4n) is 2.97. The summed E-state index contributed by atoms with van der Waals surface area (Å²) in [5.41, 5.74) is 3.60. The van der Waals surface area contributed by atoms with Crippen LogP contribution < -0.4 is 9.64 Å². The minimum atomic E-state index is 0.348. The van der Waals surface area contributed by atoms with Crippen LogP contribution in [0.25, 0.3) is 16.9 Å². The van der Waals surface area contributed by atoms with Gasteiger partial charge in [-0.3, -0.25) is 4.40 Å². The number of methoxy groups -OCH3 is 1. The van der Waals surface area contributed by atoms with E-state index in [1.54, 1.807) is 25.7 Å². The van der Waals surface area contributed by atoms with E-state index in [-0.39, 0.29) is 0 Å². The molecule has 0 radical (unpaired) electrons. The van der Waals surface area contributed by atoms with Gasteiger partial charge < -0.3 is 14.4 Å². The number of morpholine rings is 1. The predicted octanol–water partition coefficient (Wildman–Crippen LogP) is 1.34. The topological polar surface area (TPSA) is 77.7 Å². The molecular weight excluding hydrogens is 308 g/mol. The van der Waals surface area contributed by atoms with Crippen molar-refractivity contribution in [2.45, 2.75) is 6.92 Å². The van der Waals surface area contributed by atoms with Gasteiger partial charge in [0, 0.05) is 43.4 Å². The Morgan fingerprint density at radius 1 is 1.12 bits per heavy atom. The summed E-state index contributed by atoms with van der Waals surface area (Å²) in [5, 5.41) is 0. The maximum atomic E-state index is 5.43. The van der Waals surface area contributed by atoms with Gasteiger partial charge in [0.25, 0.3) is 0 Å². The Hall–Kier alpha value is -2.74. The van der Waals surface area contributed by atoms with E-state index in [0.717, 1.165) is 41.5 Å². The maximum Gasteiger partial charge on any atom is 0.316 e. The normalized spacial score (nSPS) is 15.0. The van der Waals surface area contributed by atoms with Crippen LogP contribution in [0.4, 0.5) is 5.82 Å². The molecule has 1 aliphatic heterocycles. The van der Waals surface area contributed by atoms with Crippen molar-refractivity contribution in [1.29, 1.82) is 0 Å². The molecular formula is C16H18N6O2. The molecule has 0 aliphatic carbocycles. The van der Waals surface area contributed by atoms with Gasteiger partial charge in [-0.15, -0.1) is 0 Å². The van der Waals surface area contributed by atoms with E-state index in [0.29, 0.717) is 19.2 Å². The first kappa shape index (κ1) is 14.8. The molecule has 0 saturated carbocycles. The highest BCUT2D eigenvalue weighted by Gasteiger charge is 2.20. The van der Waals surface area contributed by atoms with Crippen LogP contribution in [0.1, 0.15) is 5.69 Å². The molecule has 124 valence electrons. The smallest absolute Gasteiger partial charge is 0.316 e. The number of aryl methyl sites for hydroxylation is 1. The average molecular weight is 326 g/mol. The number of imidazole rings is 1. The number of anilines is 1. The third-order valence-corrected chi connectivity index (χ3v) is 4.09. The number of hydrogen-bond acceptors (Lipinski definition) is 7. The van der Waals surface area contributed by atoms with E-state index >= 15 is 0 Å². The number of hydrogen-bond donors (Lipinski definition) is 0. The van der Waals surface area contributed by atoms with Crippen molar-refractivity contribution in [3.05, 3.63) is 30.5 Å². The molecule has 1 fully saturated rings. The Morgan fingerprint density at radius 3 is 2.58 bits per heavy atom. The summed E-state index contributed by atoms with van der Waals surface area (Å²) in [6.07, 6.45) is 7.21. The van der Waals surface area contributed by atoms with Crippen molar-refractivity contribution in [1.82, 2.24) is 24.3 Å². The van der Waals surface area contributed by atoms with Crippen LogP contribution in [0.2, 0.25) is 0 Å². The van der Waals surface area contributed by atoms with Crippen molar-refractivity contribution in [2.24, 2.45) is 0 Å². The molecule has 4 rings (SSSR count). The standard InChI is InChI=1S/C16H18N6O2/c1-11-13(12-9-18-16(23-2)19-10-12)22-4-3-17-14(15(22)20-11)21-5-7-24-8-6-21/h3-4,9-10H,5-8H2,1-2H3. The van der Waals surface area contributed by atoms with Crippen molar-refractivity contribution in [3.8, 4) is 17.3 Å². The highest BCUT2D eigenvalue weighted by atomic mass is 16.5. The first-order chi connectivity index (χ1) is 11.8. The highest BCUT2D eigenvalue weighted by molar-refractivity contribution is 5.73. The van der Waals surface area contributed by atoms with Crippen molar-refractivity contribution >= 4 is 11.5 Å². The van der Waals surface area contributed by atoms with E-state index in [2.05, 4.69) is 19.9 Å². The second kappa shape index (κ2) is 6.04. The minimum Gasteiger partial charge on any atom is -0.467 e. The van der Waals surface area contributed by atoms with Gasteiger partial charge >= 0.3 is 6.01 Å². The molecule has 4 heterocycles. The van der Waals surface area contributed by atoms with Crippen LogP contribution in [0, 0.1) is 6.92 Å². The van der Waals surface area contributed by atoms with E-state index < -0.39 is 0 Å². The first-order valence-corrected chi connectivity index (χ1v) is 7.80.